The van der Waals surface area contributed by atoms with Crippen LogP contribution in [-0.4, -0.2) is 25.2 Å². The van der Waals surface area contributed by atoms with Crippen LogP contribution in [0, 0.1) is 0 Å². The first-order chi connectivity index (χ1) is 13.5. The molecule has 0 saturated heterocycles. The monoisotopic (exact) mass is 391 g/mol. The highest BCUT2D eigenvalue weighted by Crippen LogP contribution is 2.27. The van der Waals surface area contributed by atoms with E-state index in [2.05, 4.69) is 15.4 Å². The Morgan fingerprint density at radius 1 is 1.04 bits per heavy atom. The number of nitrogens with one attached hydrogen (secondary N) is 1. The van der Waals surface area contributed by atoms with Crippen molar-refractivity contribution < 1.29 is 4.79 Å². The lowest BCUT2D eigenvalue weighted by Crippen LogP contribution is -2.25. The molecule has 2 heterocycles. The molecular formula is C20H17N5O2S. The minimum Gasteiger partial charge on any atom is -0.329 e. The molecule has 0 radical (unpaired) electrons. The van der Waals surface area contributed by atoms with Gasteiger partial charge in [0.05, 0.1) is 5.39 Å². The molecule has 0 aliphatic heterocycles. The van der Waals surface area contributed by atoms with E-state index in [0.29, 0.717) is 16.5 Å². The molecule has 0 aliphatic rings. The molecule has 4 aromatic rings. The number of rotatable bonds is 4. The lowest BCUT2D eigenvalue weighted by molar-refractivity contribution is 0.102. The molecule has 0 unspecified atom stereocenters. The van der Waals surface area contributed by atoms with E-state index < -0.39 is 0 Å². The van der Waals surface area contributed by atoms with Crippen LogP contribution in [0.25, 0.3) is 10.8 Å². The van der Waals surface area contributed by atoms with Gasteiger partial charge in [-0.25, -0.2) is 9.67 Å². The van der Waals surface area contributed by atoms with Crippen LogP contribution in [-0.2, 0) is 14.1 Å². The predicted molar refractivity (Wildman–Crippen MR) is 109 cm³/mol. The summed E-state index contributed by atoms with van der Waals surface area (Å²) in [6, 6.07) is 14.5. The van der Waals surface area contributed by atoms with Gasteiger partial charge in [0, 0.05) is 42.5 Å². The largest absolute Gasteiger partial charge is 0.329 e. The third-order valence-corrected chi connectivity index (χ3v) is 5.35. The number of imidazole rings is 1. The van der Waals surface area contributed by atoms with Crippen molar-refractivity contribution in [2.24, 2.45) is 14.1 Å². The third kappa shape index (κ3) is 3.41. The molecule has 0 aliphatic carbocycles. The van der Waals surface area contributed by atoms with Gasteiger partial charge >= 0.3 is 0 Å². The second-order valence-corrected chi connectivity index (χ2v) is 7.26. The average molecular weight is 391 g/mol. The van der Waals surface area contributed by atoms with Crippen molar-refractivity contribution in [3.8, 4) is 0 Å². The number of anilines is 1. The summed E-state index contributed by atoms with van der Waals surface area (Å²) in [5.74, 6) is -0.365. The molecule has 0 bridgehead atoms. The van der Waals surface area contributed by atoms with Gasteiger partial charge in [-0.3, -0.25) is 9.59 Å². The van der Waals surface area contributed by atoms with Crippen molar-refractivity contribution in [1.82, 2.24) is 19.3 Å². The van der Waals surface area contributed by atoms with Crippen molar-refractivity contribution in [1.29, 1.82) is 0 Å². The van der Waals surface area contributed by atoms with Gasteiger partial charge in [0.2, 0.25) is 0 Å². The number of amides is 1. The molecular weight excluding hydrogens is 374 g/mol. The fourth-order valence-electron chi connectivity index (χ4n) is 2.82. The number of nitrogens with zero attached hydrogens (tertiary/aromatic N) is 4. The second kappa shape index (κ2) is 7.32. The van der Waals surface area contributed by atoms with Gasteiger partial charge in [-0.15, -0.1) is 0 Å². The van der Waals surface area contributed by atoms with E-state index in [4.69, 9.17) is 0 Å². The number of carbonyl (C=O) groups excluding carboxylic acids is 1. The summed E-state index contributed by atoms with van der Waals surface area (Å²) in [7, 11) is 3.48. The van der Waals surface area contributed by atoms with Crippen LogP contribution >= 0.6 is 11.8 Å². The number of benzene rings is 2. The fraction of sp³-hybridized carbons (Fsp3) is 0.100. The van der Waals surface area contributed by atoms with E-state index in [1.807, 2.05) is 42.1 Å². The van der Waals surface area contributed by atoms with Gasteiger partial charge in [-0.1, -0.05) is 30.0 Å². The number of hydrogen-bond donors (Lipinski definition) is 1. The summed E-state index contributed by atoms with van der Waals surface area (Å²) in [5, 5.41) is 8.88. The van der Waals surface area contributed by atoms with Crippen molar-refractivity contribution in [3.05, 3.63) is 77.0 Å². The van der Waals surface area contributed by atoms with Crippen LogP contribution in [0.3, 0.4) is 0 Å². The number of hydrogen-bond acceptors (Lipinski definition) is 5. The Morgan fingerprint density at radius 2 is 1.75 bits per heavy atom. The topological polar surface area (TPSA) is 81.8 Å². The van der Waals surface area contributed by atoms with Crippen LogP contribution in [0.4, 0.5) is 5.69 Å². The molecule has 0 saturated carbocycles. The summed E-state index contributed by atoms with van der Waals surface area (Å²) in [6.07, 6.45) is 3.64. The summed E-state index contributed by atoms with van der Waals surface area (Å²) in [6.45, 7) is 0. The van der Waals surface area contributed by atoms with Gasteiger partial charge < -0.3 is 9.88 Å². The van der Waals surface area contributed by atoms with Crippen LogP contribution in [0.1, 0.15) is 10.5 Å². The SMILES string of the molecule is Cn1ccnc1Sc1ccc(NC(=O)c2nn(C)c(=O)c3ccccc23)cc1. The van der Waals surface area contributed by atoms with E-state index in [0.717, 1.165) is 10.1 Å². The molecule has 2 aromatic heterocycles. The van der Waals surface area contributed by atoms with E-state index in [-0.39, 0.29) is 17.2 Å². The van der Waals surface area contributed by atoms with E-state index in [1.165, 1.54) is 23.5 Å². The van der Waals surface area contributed by atoms with Gasteiger partial charge in [-0.2, -0.15) is 5.10 Å². The molecule has 4 rings (SSSR count). The predicted octanol–water partition coefficient (Wildman–Crippen LogP) is 3.07. The normalized spacial score (nSPS) is 10.9. The molecule has 8 heteroatoms. The maximum atomic E-state index is 12.8. The molecule has 1 amide bonds. The Balaban J connectivity index is 1.57. The molecule has 1 N–H and O–H groups in total. The Labute approximate surface area is 165 Å². The van der Waals surface area contributed by atoms with Crippen molar-refractivity contribution in [2.75, 3.05) is 5.32 Å². The maximum Gasteiger partial charge on any atom is 0.276 e. The van der Waals surface area contributed by atoms with E-state index in [9.17, 15) is 9.59 Å². The van der Waals surface area contributed by atoms with Crippen LogP contribution in [0.5, 0.6) is 0 Å². The molecule has 7 nitrogen and oxygen atoms in total. The van der Waals surface area contributed by atoms with Crippen LogP contribution in [0.2, 0.25) is 0 Å². The highest BCUT2D eigenvalue weighted by atomic mass is 32.2. The van der Waals surface area contributed by atoms with E-state index >= 15 is 0 Å². The molecule has 2 aromatic carbocycles. The zero-order valence-corrected chi connectivity index (χ0v) is 16.1. The number of aromatic nitrogens is 4. The summed E-state index contributed by atoms with van der Waals surface area (Å²) < 4.78 is 3.13. The molecule has 0 fully saturated rings. The minimum absolute atomic E-state index is 0.212. The molecule has 28 heavy (non-hydrogen) atoms. The van der Waals surface area contributed by atoms with Gasteiger partial charge in [-0.05, 0) is 30.3 Å². The van der Waals surface area contributed by atoms with Gasteiger partial charge in [0.25, 0.3) is 11.5 Å². The first-order valence-corrected chi connectivity index (χ1v) is 9.37. The smallest absolute Gasteiger partial charge is 0.276 e. The first kappa shape index (κ1) is 18.0. The Kier molecular flexibility index (Phi) is 4.70. The summed E-state index contributed by atoms with van der Waals surface area (Å²) in [4.78, 5) is 30.3. The van der Waals surface area contributed by atoms with Gasteiger partial charge in [0.15, 0.2) is 10.9 Å². The highest BCUT2D eigenvalue weighted by molar-refractivity contribution is 7.99. The Morgan fingerprint density at radius 3 is 2.43 bits per heavy atom. The minimum atomic E-state index is -0.365. The quantitative estimate of drug-likeness (QED) is 0.578. The zero-order chi connectivity index (χ0) is 19.7. The Bertz CT molecular complexity index is 1230. The van der Waals surface area contributed by atoms with E-state index in [1.54, 1.807) is 30.5 Å². The van der Waals surface area contributed by atoms with Crippen molar-refractivity contribution in [3.63, 3.8) is 0 Å². The average Bonchev–Trinajstić information content (AvgIpc) is 3.10. The lowest BCUT2D eigenvalue weighted by atomic mass is 10.1. The van der Waals surface area contributed by atoms with Crippen molar-refractivity contribution in [2.45, 2.75) is 10.1 Å². The second-order valence-electron chi connectivity index (χ2n) is 6.22. The number of aryl methyl sites for hydroxylation is 2. The summed E-state index contributed by atoms with van der Waals surface area (Å²) in [5.41, 5.74) is 0.626. The molecule has 0 spiro atoms. The van der Waals surface area contributed by atoms with Crippen LogP contribution in [0.15, 0.2) is 75.8 Å². The van der Waals surface area contributed by atoms with Crippen molar-refractivity contribution >= 4 is 34.1 Å². The summed E-state index contributed by atoms with van der Waals surface area (Å²) >= 11 is 1.54. The number of fused-ring (bicyclic) bond motifs is 1. The van der Waals surface area contributed by atoms with Crippen LogP contribution < -0.4 is 10.9 Å². The Hall–Kier alpha value is -3.39. The number of carbonyl (C=O) groups is 1. The highest BCUT2D eigenvalue weighted by Gasteiger charge is 2.15. The zero-order valence-electron chi connectivity index (χ0n) is 15.3. The fourth-order valence-corrected chi connectivity index (χ4v) is 3.62. The lowest BCUT2D eigenvalue weighted by Gasteiger charge is -2.09. The molecule has 140 valence electrons. The standard InChI is InChI=1S/C20H17N5O2S/c1-24-12-11-21-20(24)28-14-9-7-13(8-10-14)22-18(26)17-15-5-3-4-6-16(15)19(27)25(2)23-17/h3-12H,1-2H3,(H,22,26). The maximum absolute atomic E-state index is 12.8. The van der Waals surface area contributed by atoms with Gasteiger partial charge in [0.1, 0.15) is 0 Å². The first-order valence-electron chi connectivity index (χ1n) is 8.55. The molecule has 0 atom stereocenters. The third-order valence-electron chi connectivity index (χ3n) is 4.27.